The van der Waals surface area contributed by atoms with Crippen LogP contribution in [-0.4, -0.2) is 5.91 Å². The van der Waals surface area contributed by atoms with Crippen molar-refractivity contribution in [3.63, 3.8) is 0 Å². The van der Waals surface area contributed by atoms with E-state index in [1.165, 1.54) is 18.2 Å². The van der Waals surface area contributed by atoms with E-state index in [1.54, 1.807) is 18.2 Å². The first-order valence-corrected chi connectivity index (χ1v) is 5.96. The van der Waals surface area contributed by atoms with E-state index in [2.05, 4.69) is 5.32 Å². The van der Waals surface area contributed by atoms with Gasteiger partial charge in [0.25, 0.3) is 5.91 Å². The van der Waals surface area contributed by atoms with Crippen LogP contribution in [0.15, 0.2) is 36.4 Å². The van der Waals surface area contributed by atoms with Crippen molar-refractivity contribution in [2.75, 3.05) is 11.1 Å². The molecule has 0 radical (unpaired) electrons. The van der Waals surface area contributed by atoms with Crippen molar-refractivity contribution in [3.8, 4) is 12.1 Å². The van der Waals surface area contributed by atoms with Gasteiger partial charge in [-0.25, -0.2) is 0 Å². The number of primary amides is 1. The summed E-state index contributed by atoms with van der Waals surface area (Å²) in [5.74, 6) is -0.617. The molecule has 6 heteroatoms. The van der Waals surface area contributed by atoms with Crippen LogP contribution in [0.3, 0.4) is 0 Å². The Morgan fingerprint density at radius 3 is 2.43 bits per heavy atom. The number of amides is 1. The maximum Gasteiger partial charge on any atom is 0.250 e. The minimum absolute atomic E-state index is 0.217. The quantitative estimate of drug-likeness (QED) is 0.737. The molecule has 0 aromatic heterocycles. The third kappa shape index (κ3) is 2.75. The van der Waals surface area contributed by atoms with Gasteiger partial charge in [0.2, 0.25) is 0 Å². The molecule has 0 heterocycles. The van der Waals surface area contributed by atoms with Gasteiger partial charge in [-0.15, -0.1) is 0 Å². The Morgan fingerprint density at radius 1 is 1.10 bits per heavy atom. The molecule has 5 N–H and O–H groups in total. The highest BCUT2D eigenvalue weighted by Gasteiger charge is 2.10. The lowest BCUT2D eigenvalue weighted by molar-refractivity contribution is 0.100. The van der Waals surface area contributed by atoms with Crippen LogP contribution in [0.4, 0.5) is 17.1 Å². The van der Waals surface area contributed by atoms with Crippen molar-refractivity contribution < 1.29 is 4.79 Å². The number of hydrogen-bond donors (Lipinski definition) is 3. The highest BCUT2D eigenvalue weighted by Crippen LogP contribution is 2.27. The fraction of sp³-hybridized carbons (Fsp3) is 0. The molecule has 2 aromatic rings. The van der Waals surface area contributed by atoms with Gasteiger partial charge in [-0.3, -0.25) is 4.79 Å². The van der Waals surface area contributed by atoms with Crippen LogP contribution in [0.25, 0.3) is 0 Å². The Hall–Kier alpha value is -3.51. The second kappa shape index (κ2) is 5.64. The lowest BCUT2D eigenvalue weighted by Crippen LogP contribution is -2.14. The van der Waals surface area contributed by atoms with Crippen LogP contribution in [0.1, 0.15) is 21.5 Å². The van der Waals surface area contributed by atoms with E-state index < -0.39 is 5.91 Å². The van der Waals surface area contributed by atoms with Crippen molar-refractivity contribution in [1.82, 2.24) is 0 Å². The van der Waals surface area contributed by atoms with E-state index in [9.17, 15) is 4.79 Å². The van der Waals surface area contributed by atoms with Gasteiger partial charge in [-0.1, -0.05) is 6.07 Å². The molecule has 0 bridgehead atoms. The van der Waals surface area contributed by atoms with Gasteiger partial charge in [0, 0.05) is 5.69 Å². The van der Waals surface area contributed by atoms with Crippen LogP contribution >= 0.6 is 0 Å². The Labute approximate surface area is 121 Å². The van der Waals surface area contributed by atoms with Crippen LogP contribution in [-0.2, 0) is 0 Å². The molecular formula is C15H11N5O. The predicted molar refractivity (Wildman–Crippen MR) is 78.5 cm³/mol. The summed E-state index contributed by atoms with van der Waals surface area (Å²) in [6, 6.07) is 13.5. The number of nitrogens with two attached hydrogens (primary N) is 2. The zero-order chi connectivity index (χ0) is 15.4. The van der Waals surface area contributed by atoms with Crippen molar-refractivity contribution in [2.24, 2.45) is 5.73 Å². The number of nitrogens with one attached hydrogen (secondary N) is 1. The van der Waals surface area contributed by atoms with Gasteiger partial charge in [0.05, 0.1) is 28.1 Å². The first kappa shape index (κ1) is 13.9. The van der Waals surface area contributed by atoms with Gasteiger partial charge in [-0.05, 0) is 30.3 Å². The van der Waals surface area contributed by atoms with Gasteiger partial charge in [0.1, 0.15) is 12.1 Å². The minimum Gasteiger partial charge on any atom is -0.396 e. The zero-order valence-electron chi connectivity index (χ0n) is 10.9. The molecule has 0 aliphatic heterocycles. The number of benzene rings is 2. The number of carbonyl (C=O) groups is 1. The van der Waals surface area contributed by atoms with E-state index in [0.29, 0.717) is 16.9 Å². The molecule has 2 aromatic carbocycles. The molecule has 6 nitrogen and oxygen atoms in total. The molecular weight excluding hydrogens is 266 g/mol. The van der Waals surface area contributed by atoms with E-state index in [4.69, 9.17) is 22.0 Å². The van der Waals surface area contributed by atoms with Crippen molar-refractivity contribution in [2.45, 2.75) is 0 Å². The lowest BCUT2D eigenvalue weighted by atomic mass is 10.1. The van der Waals surface area contributed by atoms with Crippen LogP contribution in [0.5, 0.6) is 0 Å². The summed E-state index contributed by atoms with van der Waals surface area (Å²) >= 11 is 0. The third-order valence-corrected chi connectivity index (χ3v) is 2.91. The standard InChI is InChI=1S/C15H11N5O/c16-7-9-4-5-11(6-10(9)8-17)20-13-3-1-2-12(14(13)18)15(19)21/h1-6,20H,18H2,(H2,19,21). The fourth-order valence-electron chi connectivity index (χ4n) is 1.86. The molecule has 1 amide bonds. The molecule has 0 saturated carbocycles. The Balaban J connectivity index is 2.40. The predicted octanol–water partition coefficient (Wildman–Crippen LogP) is 1.85. The summed E-state index contributed by atoms with van der Waals surface area (Å²) in [7, 11) is 0. The Bertz CT molecular complexity index is 799. The number of rotatable bonds is 3. The number of nitrogen functional groups attached to an aromatic ring is 1. The molecule has 2 rings (SSSR count). The van der Waals surface area contributed by atoms with Crippen LogP contribution < -0.4 is 16.8 Å². The number of anilines is 3. The highest BCUT2D eigenvalue weighted by atomic mass is 16.1. The lowest BCUT2D eigenvalue weighted by Gasteiger charge is -2.12. The smallest absolute Gasteiger partial charge is 0.250 e. The van der Waals surface area contributed by atoms with E-state index in [-0.39, 0.29) is 16.8 Å². The summed E-state index contributed by atoms with van der Waals surface area (Å²) in [5, 5.41) is 20.9. The zero-order valence-corrected chi connectivity index (χ0v) is 10.9. The highest BCUT2D eigenvalue weighted by molar-refractivity contribution is 6.01. The summed E-state index contributed by atoms with van der Waals surface area (Å²) in [6.07, 6.45) is 0. The third-order valence-electron chi connectivity index (χ3n) is 2.91. The Kier molecular flexibility index (Phi) is 3.74. The maximum atomic E-state index is 11.2. The number of nitriles is 2. The molecule has 0 fully saturated rings. The molecule has 0 atom stereocenters. The normalized spacial score (nSPS) is 9.43. The van der Waals surface area contributed by atoms with Gasteiger partial charge in [0.15, 0.2) is 0 Å². The van der Waals surface area contributed by atoms with Crippen molar-refractivity contribution in [1.29, 1.82) is 10.5 Å². The maximum absolute atomic E-state index is 11.2. The van der Waals surface area contributed by atoms with Crippen LogP contribution in [0.2, 0.25) is 0 Å². The second-order valence-corrected chi connectivity index (χ2v) is 4.24. The largest absolute Gasteiger partial charge is 0.396 e. The molecule has 0 saturated heterocycles. The van der Waals surface area contributed by atoms with Gasteiger partial charge >= 0.3 is 0 Å². The molecule has 0 aliphatic rings. The minimum atomic E-state index is -0.617. The number of hydrogen-bond acceptors (Lipinski definition) is 5. The summed E-state index contributed by atoms with van der Waals surface area (Å²) in [5.41, 5.74) is 13.2. The average Bonchev–Trinajstić information content (AvgIpc) is 2.48. The topological polar surface area (TPSA) is 129 Å². The first-order valence-electron chi connectivity index (χ1n) is 5.96. The summed E-state index contributed by atoms with van der Waals surface area (Å²) < 4.78 is 0. The molecule has 0 aliphatic carbocycles. The van der Waals surface area contributed by atoms with Crippen LogP contribution in [0, 0.1) is 22.7 Å². The first-order chi connectivity index (χ1) is 10.1. The van der Waals surface area contributed by atoms with E-state index in [1.807, 2.05) is 12.1 Å². The fourth-order valence-corrected chi connectivity index (χ4v) is 1.86. The number of carbonyl (C=O) groups excluding carboxylic acids is 1. The SMILES string of the molecule is N#Cc1ccc(Nc2cccc(C(N)=O)c2N)cc1C#N. The average molecular weight is 277 g/mol. The van der Waals surface area contributed by atoms with Crippen molar-refractivity contribution >= 4 is 23.0 Å². The second-order valence-electron chi connectivity index (χ2n) is 4.24. The number of para-hydroxylation sites is 1. The number of nitrogens with zero attached hydrogens (tertiary/aromatic N) is 2. The molecule has 21 heavy (non-hydrogen) atoms. The van der Waals surface area contributed by atoms with E-state index >= 15 is 0 Å². The Morgan fingerprint density at radius 2 is 1.81 bits per heavy atom. The summed E-state index contributed by atoms with van der Waals surface area (Å²) in [6.45, 7) is 0. The van der Waals surface area contributed by atoms with Gasteiger partial charge < -0.3 is 16.8 Å². The monoisotopic (exact) mass is 277 g/mol. The van der Waals surface area contributed by atoms with Gasteiger partial charge in [-0.2, -0.15) is 10.5 Å². The molecule has 0 spiro atoms. The molecule has 0 unspecified atom stereocenters. The van der Waals surface area contributed by atoms with Crippen molar-refractivity contribution in [3.05, 3.63) is 53.1 Å². The molecule has 102 valence electrons. The van der Waals surface area contributed by atoms with E-state index in [0.717, 1.165) is 0 Å². The summed E-state index contributed by atoms with van der Waals surface area (Å²) in [4.78, 5) is 11.2.